The monoisotopic (exact) mass is 292 g/mol. The summed E-state index contributed by atoms with van der Waals surface area (Å²) in [5.74, 6) is 6.10. The van der Waals surface area contributed by atoms with Crippen molar-refractivity contribution in [1.82, 2.24) is 4.31 Å². The maximum atomic E-state index is 12.5. The van der Waals surface area contributed by atoms with E-state index < -0.39 is 10.0 Å². The Morgan fingerprint density at radius 1 is 1.40 bits per heavy atom. The van der Waals surface area contributed by atoms with E-state index in [-0.39, 0.29) is 6.54 Å². The predicted octanol–water partition coefficient (Wildman–Crippen LogP) is 1.42. The van der Waals surface area contributed by atoms with Crippen molar-refractivity contribution in [1.29, 1.82) is 0 Å². The van der Waals surface area contributed by atoms with Crippen molar-refractivity contribution < 1.29 is 8.42 Å². The van der Waals surface area contributed by atoms with Gasteiger partial charge in [0.15, 0.2) is 0 Å². The highest BCUT2D eigenvalue weighted by Gasteiger charge is 2.26. The Labute approximate surface area is 121 Å². The Bertz CT molecular complexity index is 625. The predicted molar refractivity (Wildman–Crippen MR) is 79.5 cm³/mol. The first-order chi connectivity index (χ1) is 9.54. The summed E-state index contributed by atoms with van der Waals surface area (Å²) >= 11 is 0. The summed E-state index contributed by atoms with van der Waals surface area (Å²) < 4.78 is 26.4. The van der Waals surface area contributed by atoms with Crippen LogP contribution < -0.4 is 5.73 Å². The second kappa shape index (κ2) is 6.40. The van der Waals surface area contributed by atoms with Crippen molar-refractivity contribution in [2.24, 2.45) is 11.7 Å². The summed E-state index contributed by atoms with van der Waals surface area (Å²) in [4.78, 5) is 0.295. The summed E-state index contributed by atoms with van der Waals surface area (Å²) in [6, 6.07) is 6.72. The summed E-state index contributed by atoms with van der Waals surface area (Å²) in [6.07, 6.45) is 3.46. The molecule has 1 aliphatic rings. The van der Waals surface area contributed by atoms with Crippen molar-refractivity contribution in [3.63, 3.8) is 0 Å². The fraction of sp³-hybridized carbons (Fsp3) is 0.467. The molecule has 2 N–H and O–H groups in total. The van der Waals surface area contributed by atoms with E-state index in [9.17, 15) is 8.42 Å². The van der Waals surface area contributed by atoms with Gasteiger partial charge in [0.05, 0.1) is 11.4 Å². The van der Waals surface area contributed by atoms with Gasteiger partial charge in [0.1, 0.15) is 0 Å². The zero-order valence-corrected chi connectivity index (χ0v) is 12.5. The molecule has 0 atom stereocenters. The summed E-state index contributed by atoms with van der Waals surface area (Å²) in [5, 5.41) is 0. The third-order valence-corrected chi connectivity index (χ3v) is 5.44. The minimum Gasteiger partial charge on any atom is -0.320 e. The molecule has 1 aliphatic carbocycles. The Hall–Kier alpha value is -1.35. The van der Waals surface area contributed by atoms with Crippen molar-refractivity contribution >= 4 is 10.0 Å². The van der Waals surface area contributed by atoms with Gasteiger partial charge in [0.25, 0.3) is 0 Å². The molecule has 0 spiro atoms. The topological polar surface area (TPSA) is 63.4 Å². The maximum absolute atomic E-state index is 12.5. The minimum absolute atomic E-state index is 0.262. The fourth-order valence-corrected chi connectivity index (χ4v) is 3.50. The molecule has 0 amide bonds. The molecule has 0 bridgehead atoms. The van der Waals surface area contributed by atoms with Crippen LogP contribution >= 0.6 is 0 Å². The fourth-order valence-electron chi connectivity index (χ4n) is 2.20. The smallest absolute Gasteiger partial charge is 0.242 e. The molecule has 0 unspecified atom stereocenters. The van der Waals surface area contributed by atoms with E-state index in [1.54, 1.807) is 31.3 Å². The van der Waals surface area contributed by atoms with Crippen LogP contribution in [-0.2, 0) is 10.0 Å². The van der Waals surface area contributed by atoms with Crippen LogP contribution in [0.15, 0.2) is 29.2 Å². The molecule has 0 radical (unpaired) electrons. The first-order valence-corrected chi connectivity index (χ1v) is 8.23. The van der Waals surface area contributed by atoms with E-state index >= 15 is 0 Å². The lowest BCUT2D eigenvalue weighted by atomic mass is 9.86. The highest BCUT2D eigenvalue weighted by atomic mass is 32.2. The van der Waals surface area contributed by atoms with Crippen LogP contribution in [0.2, 0.25) is 0 Å². The molecule has 2 rings (SSSR count). The standard InChI is InChI=1S/C15H20N2O2S/c1-17(12-14-6-2-7-14)20(18,19)15-9-3-5-13(11-15)8-4-10-16/h3,5,9,11,14H,2,6-7,10,12,16H2,1H3. The van der Waals surface area contributed by atoms with Crippen LogP contribution in [0.1, 0.15) is 24.8 Å². The van der Waals surface area contributed by atoms with Gasteiger partial charge in [-0.1, -0.05) is 24.3 Å². The second-order valence-corrected chi connectivity index (χ2v) is 7.16. The van der Waals surface area contributed by atoms with Crippen LogP contribution in [0.25, 0.3) is 0 Å². The maximum Gasteiger partial charge on any atom is 0.242 e. The zero-order valence-electron chi connectivity index (χ0n) is 11.7. The first-order valence-electron chi connectivity index (χ1n) is 6.79. The van der Waals surface area contributed by atoms with Crippen LogP contribution in [0.5, 0.6) is 0 Å². The van der Waals surface area contributed by atoms with Gasteiger partial charge in [-0.25, -0.2) is 12.7 Å². The highest BCUT2D eigenvalue weighted by molar-refractivity contribution is 7.89. The van der Waals surface area contributed by atoms with E-state index in [4.69, 9.17) is 5.73 Å². The minimum atomic E-state index is -3.42. The van der Waals surface area contributed by atoms with Gasteiger partial charge in [-0.2, -0.15) is 0 Å². The number of rotatable bonds is 4. The Morgan fingerprint density at radius 3 is 2.75 bits per heavy atom. The zero-order chi connectivity index (χ0) is 14.6. The number of sulfonamides is 1. The Balaban J connectivity index is 2.19. The number of nitrogens with two attached hydrogens (primary N) is 1. The molecule has 1 fully saturated rings. The Kier molecular flexibility index (Phi) is 4.81. The lowest BCUT2D eigenvalue weighted by Crippen LogP contribution is -2.34. The third kappa shape index (κ3) is 3.40. The SMILES string of the molecule is CN(CC1CCC1)S(=O)(=O)c1cccc(C#CCN)c1. The number of nitrogens with zero attached hydrogens (tertiary/aromatic N) is 1. The molecule has 1 saturated carbocycles. The van der Waals surface area contributed by atoms with Gasteiger partial charge in [-0.05, 0) is 37.0 Å². The molecular weight excluding hydrogens is 272 g/mol. The van der Waals surface area contributed by atoms with Crippen LogP contribution in [-0.4, -0.2) is 32.9 Å². The molecule has 1 aromatic carbocycles. The van der Waals surface area contributed by atoms with Gasteiger partial charge < -0.3 is 5.73 Å². The lowest BCUT2D eigenvalue weighted by Gasteiger charge is -2.29. The van der Waals surface area contributed by atoms with Crippen LogP contribution in [0, 0.1) is 17.8 Å². The molecule has 5 heteroatoms. The first kappa shape index (κ1) is 15.0. The summed E-state index contributed by atoms with van der Waals surface area (Å²) in [7, 11) is -1.78. The van der Waals surface area contributed by atoms with Gasteiger partial charge in [0.2, 0.25) is 10.0 Å². The van der Waals surface area contributed by atoms with Crippen LogP contribution in [0.4, 0.5) is 0 Å². The van der Waals surface area contributed by atoms with Gasteiger partial charge >= 0.3 is 0 Å². The molecule has 20 heavy (non-hydrogen) atoms. The molecule has 0 aromatic heterocycles. The van der Waals surface area contributed by atoms with Gasteiger partial charge in [0, 0.05) is 19.2 Å². The van der Waals surface area contributed by atoms with E-state index in [1.807, 2.05) is 0 Å². The van der Waals surface area contributed by atoms with Crippen molar-refractivity contribution in [3.8, 4) is 11.8 Å². The van der Waals surface area contributed by atoms with Crippen molar-refractivity contribution in [3.05, 3.63) is 29.8 Å². The second-order valence-electron chi connectivity index (χ2n) is 5.12. The molecule has 0 heterocycles. The van der Waals surface area contributed by atoms with E-state index in [0.717, 1.165) is 12.8 Å². The quantitative estimate of drug-likeness (QED) is 0.854. The third-order valence-electron chi connectivity index (χ3n) is 3.62. The largest absolute Gasteiger partial charge is 0.320 e. The summed E-state index contributed by atoms with van der Waals surface area (Å²) in [5.41, 5.74) is 6.00. The van der Waals surface area contributed by atoms with Crippen LogP contribution in [0.3, 0.4) is 0 Å². The lowest BCUT2D eigenvalue weighted by molar-refractivity contribution is 0.263. The van der Waals surface area contributed by atoms with Crippen molar-refractivity contribution in [2.45, 2.75) is 24.2 Å². The Morgan fingerprint density at radius 2 is 2.15 bits per heavy atom. The molecule has 108 valence electrons. The number of benzene rings is 1. The average Bonchev–Trinajstić information content (AvgIpc) is 2.40. The molecule has 1 aromatic rings. The van der Waals surface area contributed by atoms with E-state index in [0.29, 0.717) is 22.9 Å². The van der Waals surface area contributed by atoms with E-state index in [1.165, 1.54) is 10.7 Å². The van der Waals surface area contributed by atoms with Gasteiger partial charge in [-0.15, -0.1) is 0 Å². The van der Waals surface area contributed by atoms with Gasteiger partial charge in [-0.3, -0.25) is 0 Å². The average molecular weight is 292 g/mol. The molecule has 4 nitrogen and oxygen atoms in total. The van der Waals surface area contributed by atoms with Crippen molar-refractivity contribution in [2.75, 3.05) is 20.1 Å². The number of hydrogen-bond donors (Lipinski definition) is 1. The highest BCUT2D eigenvalue weighted by Crippen LogP contribution is 2.28. The summed E-state index contributed by atoms with van der Waals surface area (Å²) in [6.45, 7) is 0.861. The molecule has 0 saturated heterocycles. The normalized spacial score (nSPS) is 15.6. The molecular formula is C15H20N2O2S. The van der Waals surface area contributed by atoms with E-state index in [2.05, 4.69) is 11.8 Å². The molecule has 0 aliphatic heterocycles. The number of hydrogen-bond acceptors (Lipinski definition) is 3.